The third kappa shape index (κ3) is 4.85. The van der Waals surface area contributed by atoms with E-state index >= 15 is 0 Å². The standard InChI is InChI=1S/C18H27NO2/c1-14(2)12-17(15-6-4-3-5-7-15)13-19-10-8-16(9-11-19)18(20)21/h3-7,14,16-17H,8-13H2,1-2H3,(H,20,21). The number of aliphatic carboxylic acids is 1. The Morgan fingerprint density at radius 1 is 1.24 bits per heavy atom. The molecule has 1 fully saturated rings. The smallest absolute Gasteiger partial charge is 0.306 e. The number of carboxylic acids is 1. The molecule has 1 unspecified atom stereocenters. The van der Waals surface area contributed by atoms with E-state index in [1.807, 2.05) is 0 Å². The van der Waals surface area contributed by atoms with E-state index in [1.165, 1.54) is 12.0 Å². The molecule has 1 aliphatic rings. The van der Waals surface area contributed by atoms with Crippen LogP contribution in [0, 0.1) is 11.8 Å². The molecule has 0 radical (unpaired) electrons. The highest BCUT2D eigenvalue weighted by molar-refractivity contribution is 5.70. The molecule has 1 aromatic carbocycles. The zero-order valence-corrected chi connectivity index (χ0v) is 13.2. The van der Waals surface area contributed by atoms with Crippen LogP contribution < -0.4 is 0 Å². The molecule has 1 aromatic rings. The van der Waals surface area contributed by atoms with Crippen LogP contribution >= 0.6 is 0 Å². The number of carboxylic acid groups (broad SMARTS) is 1. The monoisotopic (exact) mass is 289 g/mol. The number of piperidine rings is 1. The number of hydrogen-bond donors (Lipinski definition) is 1. The Hall–Kier alpha value is -1.35. The Balaban J connectivity index is 1.95. The van der Waals surface area contributed by atoms with Gasteiger partial charge in [0.2, 0.25) is 0 Å². The van der Waals surface area contributed by atoms with Gasteiger partial charge in [-0.2, -0.15) is 0 Å². The van der Waals surface area contributed by atoms with E-state index < -0.39 is 5.97 Å². The van der Waals surface area contributed by atoms with Crippen molar-refractivity contribution >= 4 is 5.97 Å². The van der Waals surface area contributed by atoms with Gasteiger partial charge in [-0.3, -0.25) is 4.79 Å². The number of likely N-dealkylation sites (tertiary alicyclic amines) is 1. The van der Waals surface area contributed by atoms with Gasteiger partial charge >= 0.3 is 5.97 Å². The summed E-state index contributed by atoms with van der Waals surface area (Å²) in [7, 11) is 0. The molecule has 1 aliphatic heterocycles. The highest BCUT2D eigenvalue weighted by Crippen LogP contribution is 2.27. The van der Waals surface area contributed by atoms with Crippen LogP contribution in [-0.2, 0) is 4.79 Å². The second-order valence-electron chi connectivity index (χ2n) is 6.65. The summed E-state index contributed by atoms with van der Waals surface area (Å²) in [4.78, 5) is 13.5. The predicted octanol–water partition coefficient (Wildman–Crippen LogP) is 3.61. The van der Waals surface area contributed by atoms with Crippen molar-refractivity contribution in [2.75, 3.05) is 19.6 Å². The third-order valence-corrected chi connectivity index (χ3v) is 4.44. The molecule has 0 saturated carbocycles. The average Bonchev–Trinajstić information content (AvgIpc) is 2.47. The Kier molecular flexibility index (Phi) is 5.80. The first-order valence-corrected chi connectivity index (χ1v) is 8.06. The van der Waals surface area contributed by atoms with Crippen molar-refractivity contribution in [3.63, 3.8) is 0 Å². The second kappa shape index (κ2) is 7.60. The quantitative estimate of drug-likeness (QED) is 0.869. The van der Waals surface area contributed by atoms with Crippen molar-refractivity contribution < 1.29 is 9.90 Å². The van der Waals surface area contributed by atoms with Crippen LogP contribution in [0.15, 0.2) is 30.3 Å². The minimum atomic E-state index is -0.628. The zero-order valence-electron chi connectivity index (χ0n) is 13.2. The lowest BCUT2D eigenvalue weighted by Crippen LogP contribution is -2.38. The Labute approximate surface area is 128 Å². The van der Waals surface area contributed by atoms with Gasteiger partial charge in [-0.1, -0.05) is 44.2 Å². The maximum Gasteiger partial charge on any atom is 0.306 e. The van der Waals surface area contributed by atoms with Gasteiger partial charge in [0, 0.05) is 6.54 Å². The van der Waals surface area contributed by atoms with E-state index in [-0.39, 0.29) is 5.92 Å². The molecule has 0 bridgehead atoms. The SMILES string of the molecule is CC(C)CC(CN1CCC(C(=O)O)CC1)c1ccccc1. The Morgan fingerprint density at radius 2 is 1.86 bits per heavy atom. The van der Waals surface area contributed by atoms with Gasteiger partial charge in [-0.15, -0.1) is 0 Å². The van der Waals surface area contributed by atoms with Crippen LogP contribution in [0.5, 0.6) is 0 Å². The lowest BCUT2D eigenvalue weighted by atomic mass is 9.88. The summed E-state index contributed by atoms with van der Waals surface area (Å²) < 4.78 is 0. The molecule has 0 amide bonds. The molecule has 1 atom stereocenters. The van der Waals surface area contributed by atoms with Gasteiger partial charge in [0.05, 0.1) is 5.92 Å². The molecule has 3 heteroatoms. The van der Waals surface area contributed by atoms with Crippen LogP contribution in [0.3, 0.4) is 0 Å². The van der Waals surface area contributed by atoms with Crippen LogP contribution in [0.4, 0.5) is 0 Å². The van der Waals surface area contributed by atoms with Crippen LogP contribution in [0.2, 0.25) is 0 Å². The molecule has 0 spiro atoms. The van der Waals surface area contributed by atoms with E-state index in [0.717, 1.165) is 32.5 Å². The predicted molar refractivity (Wildman–Crippen MR) is 85.4 cm³/mol. The normalized spacial score (nSPS) is 18.8. The van der Waals surface area contributed by atoms with Crippen LogP contribution in [-0.4, -0.2) is 35.6 Å². The minimum Gasteiger partial charge on any atom is -0.481 e. The fourth-order valence-corrected chi connectivity index (χ4v) is 3.28. The number of nitrogens with zero attached hydrogens (tertiary/aromatic N) is 1. The first-order chi connectivity index (χ1) is 10.1. The molecular formula is C18H27NO2. The lowest BCUT2D eigenvalue weighted by Gasteiger charge is -2.33. The maximum absolute atomic E-state index is 11.0. The highest BCUT2D eigenvalue weighted by Gasteiger charge is 2.26. The molecule has 0 aromatic heterocycles. The Morgan fingerprint density at radius 3 is 2.38 bits per heavy atom. The summed E-state index contributed by atoms with van der Waals surface area (Å²) in [5.41, 5.74) is 1.41. The average molecular weight is 289 g/mol. The maximum atomic E-state index is 11.0. The fourth-order valence-electron chi connectivity index (χ4n) is 3.28. The number of benzene rings is 1. The van der Waals surface area contributed by atoms with E-state index in [0.29, 0.717) is 11.8 Å². The molecule has 116 valence electrons. The highest BCUT2D eigenvalue weighted by atomic mass is 16.4. The topological polar surface area (TPSA) is 40.5 Å². The molecule has 2 rings (SSSR count). The summed E-state index contributed by atoms with van der Waals surface area (Å²) >= 11 is 0. The van der Waals surface area contributed by atoms with E-state index in [2.05, 4.69) is 49.1 Å². The van der Waals surface area contributed by atoms with Crippen molar-refractivity contribution in [2.24, 2.45) is 11.8 Å². The van der Waals surface area contributed by atoms with E-state index in [9.17, 15) is 4.79 Å². The van der Waals surface area contributed by atoms with Gasteiger partial charge in [0.25, 0.3) is 0 Å². The van der Waals surface area contributed by atoms with Crippen molar-refractivity contribution in [2.45, 2.75) is 39.0 Å². The Bertz CT molecular complexity index is 436. The minimum absolute atomic E-state index is 0.137. The van der Waals surface area contributed by atoms with Crippen molar-refractivity contribution in [1.29, 1.82) is 0 Å². The first kappa shape index (κ1) is 16.0. The van der Waals surface area contributed by atoms with Crippen molar-refractivity contribution in [1.82, 2.24) is 4.90 Å². The summed E-state index contributed by atoms with van der Waals surface area (Å²) in [6.07, 6.45) is 2.76. The van der Waals surface area contributed by atoms with Gasteiger partial charge < -0.3 is 10.0 Å². The van der Waals surface area contributed by atoms with Gasteiger partial charge in [0.15, 0.2) is 0 Å². The lowest BCUT2D eigenvalue weighted by molar-refractivity contribution is -0.143. The summed E-state index contributed by atoms with van der Waals surface area (Å²) in [6, 6.07) is 10.7. The zero-order chi connectivity index (χ0) is 15.2. The van der Waals surface area contributed by atoms with E-state index in [4.69, 9.17) is 5.11 Å². The third-order valence-electron chi connectivity index (χ3n) is 4.44. The van der Waals surface area contributed by atoms with Gasteiger partial charge in [0.1, 0.15) is 0 Å². The molecule has 1 heterocycles. The van der Waals surface area contributed by atoms with Crippen molar-refractivity contribution in [3.05, 3.63) is 35.9 Å². The van der Waals surface area contributed by atoms with Crippen LogP contribution in [0.25, 0.3) is 0 Å². The number of hydrogen-bond acceptors (Lipinski definition) is 2. The number of rotatable bonds is 6. The summed E-state index contributed by atoms with van der Waals surface area (Å²) in [6.45, 7) is 7.42. The second-order valence-corrected chi connectivity index (χ2v) is 6.65. The van der Waals surface area contributed by atoms with Gasteiger partial charge in [-0.05, 0) is 49.8 Å². The summed E-state index contributed by atoms with van der Waals surface area (Å²) in [5.74, 6) is 0.456. The van der Waals surface area contributed by atoms with Gasteiger partial charge in [-0.25, -0.2) is 0 Å². The molecule has 1 saturated heterocycles. The molecule has 1 N–H and O–H groups in total. The first-order valence-electron chi connectivity index (χ1n) is 8.06. The molecule has 21 heavy (non-hydrogen) atoms. The molecule has 0 aliphatic carbocycles. The largest absolute Gasteiger partial charge is 0.481 e. The fraction of sp³-hybridized carbons (Fsp3) is 0.611. The van der Waals surface area contributed by atoms with Crippen LogP contribution in [0.1, 0.15) is 44.6 Å². The summed E-state index contributed by atoms with van der Waals surface area (Å²) in [5, 5.41) is 9.08. The molecule has 3 nitrogen and oxygen atoms in total. The number of carbonyl (C=O) groups is 1. The molecular weight excluding hydrogens is 262 g/mol. The van der Waals surface area contributed by atoms with Crippen molar-refractivity contribution in [3.8, 4) is 0 Å². The van der Waals surface area contributed by atoms with E-state index in [1.54, 1.807) is 0 Å².